The number of benzene rings is 1. The molecule has 5 heteroatoms. The SMILES string of the molecule is CCc1cccc(NC(=O)CN2CCOCC2c2cccn2C)c1. The minimum absolute atomic E-state index is 0.0179. The van der Waals surface area contributed by atoms with E-state index < -0.39 is 0 Å². The fourth-order valence-electron chi connectivity index (χ4n) is 3.17. The number of carbonyl (C=O) groups is 1. The molecule has 1 N–H and O–H groups in total. The van der Waals surface area contributed by atoms with Gasteiger partial charge >= 0.3 is 0 Å². The molecule has 1 fully saturated rings. The molecule has 3 rings (SSSR count). The Balaban J connectivity index is 1.66. The number of nitrogens with zero attached hydrogens (tertiary/aromatic N) is 2. The number of rotatable bonds is 5. The average Bonchev–Trinajstić information content (AvgIpc) is 3.01. The van der Waals surface area contributed by atoms with Crippen molar-refractivity contribution in [2.24, 2.45) is 7.05 Å². The van der Waals surface area contributed by atoms with Crippen LogP contribution >= 0.6 is 0 Å². The van der Waals surface area contributed by atoms with Crippen molar-refractivity contribution in [1.82, 2.24) is 9.47 Å². The summed E-state index contributed by atoms with van der Waals surface area (Å²) in [5.74, 6) is 0.0179. The number of hydrogen-bond donors (Lipinski definition) is 1. The van der Waals surface area contributed by atoms with Gasteiger partial charge in [0.2, 0.25) is 5.91 Å². The maximum absolute atomic E-state index is 12.5. The minimum atomic E-state index is 0.0179. The van der Waals surface area contributed by atoms with Crippen LogP contribution < -0.4 is 5.32 Å². The highest BCUT2D eigenvalue weighted by atomic mass is 16.5. The number of anilines is 1. The molecule has 1 aliphatic rings. The number of aryl methyl sites for hydroxylation is 2. The summed E-state index contributed by atoms with van der Waals surface area (Å²) in [6, 6.07) is 12.3. The highest BCUT2D eigenvalue weighted by Crippen LogP contribution is 2.24. The van der Waals surface area contributed by atoms with Gasteiger partial charge in [0.25, 0.3) is 0 Å². The summed E-state index contributed by atoms with van der Waals surface area (Å²) in [7, 11) is 2.03. The van der Waals surface area contributed by atoms with Gasteiger partial charge in [-0.1, -0.05) is 19.1 Å². The van der Waals surface area contributed by atoms with Gasteiger partial charge in [-0.05, 0) is 36.2 Å². The molecule has 0 aliphatic carbocycles. The first-order chi connectivity index (χ1) is 11.7. The summed E-state index contributed by atoms with van der Waals surface area (Å²) in [5, 5.41) is 3.02. The van der Waals surface area contributed by atoms with Crippen LogP contribution in [-0.4, -0.2) is 41.7 Å². The van der Waals surface area contributed by atoms with E-state index in [1.807, 2.05) is 37.5 Å². The van der Waals surface area contributed by atoms with Crippen LogP contribution in [0.4, 0.5) is 5.69 Å². The number of hydrogen-bond acceptors (Lipinski definition) is 3. The number of amides is 1. The third kappa shape index (κ3) is 3.86. The van der Waals surface area contributed by atoms with Gasteiger partial charge in [-0.15, -0.1) is 0 Å². The van der Waals surface area contributed by atoms with Crippen molar-refractivity contribution in [1.29, 1.82) is 0 Å². The second-order valence-electron chi connectivity index (χ2n) is 6.21. The van der Waals surface area contributed by atoms with Gasteiger partial charge in [-0.2, -0.15) is 0 Å². The molecule has 1 unspecified atom stereocenters. The number of morpholine rings is 1. The topological polar surface area (TPSA) is 46.5 Å². The van der Waals surface area contributed by atoms with E-state index in [1.54, 1.807) is 0 Å². The molecular weight excluding hydrogens is 302 g/mol. The van der Waals surface area contributed by atoms with E-state index in [0.29, 0.717) is 19.8 Å². The number of carbonyl (C=O) groups excluding carboxylic acids is 1. The molecule has 2 heterocycles. The predicted molar refractivity (Wildman–Crippen MR) is 95.0 cm³/mol. The lowest BCUT2D eigenvalue weighted by molar-refractivity contribution is -0.119. The van der Waals surface area contributed by atoms with Crippen molar-refractivity contribution in [3.05, 3.63) is 53.9 Å². The van der Waals surface area contributed by atoms with Crippen LogP contribution in [0.25, 0.3) is 0 Å². The standard InChI is InChI=1S/C19H25N3O2/c1-3-15-6-4-7-16(12-15)20-19(23)13-22-10-11-24-14-18(22)17-8-5-9-21(17)2/h4-9,12,18H,3,10-11,13-14H2,1-2H3,(H,20,23). The third-order valence-electron chi connectivity index (χ3n) is 4.53. The van der Waals surface area contributed by atoms with Gasteiger partial charge in [0.1, 0.15) is 0 Å². The van der Waals surface area contributed by atoms with E-state index in [-0.39, 0.29) is 11.9 Å². The summed E-state index contributed by atoms with van der Waals surface area (Å²) in [5.41, 5.74) is 3.26. The summed E-state index contributed by atoms with van der Waals surface area (Å²) in [4.78, 5) is 14.7. The summed E-state index contributed by atoms with van der Waals surface area (Å²) in [6.45, 7) is 4.53. The van der Waals surface area contributed by atoms with E-state index in [2.05, 4.69) is 33.8 Å². The zero-order valence-corrected chi connectivity index (χ0v) is 14.4. The second-order valence-corrected chi connectivity index (χ2v) is 6.21. The molecule has 0 spiro atoms. The van der Waals surface area contributed by atoms with Crippen LogP contribution in [-0.2, 0) is 23.0 Å². The van der Waals surface area contributed by atoms with E-state index in [9.17, 15) is 4.79 Å². The summed E-state index contributed by atoms with van der Waals surface area (Å²) >= 11 is 0. The van der Waals surface area contributed by atoms with Crippen molar-refractivity contribution in [3.63, 3.8) is 0 Å². The van der Waals surface area contributed by atoms with Gasteiger partial charge < -0.3 is 14.6 Å². The highest BCUT2D eigenvalue weighted by molar-refractivity contribution is 5.92. The van der Waals surface area contributed by atoms with Gasteiger partial charge in [-0.25, -0.2) is 0 Å². The second kappa shape index (κ2) is 7.64. The Morgan fingerprint density at radius 1 is 1.33 bits per heavy atom. The highest BCUT2D eigenvalue weighted by Gasteiger charge is 2.27. The Bertz CT molecular complexity index is 695. The van der Waals surface area contributed by atoms with Crippen LogP contribution in [0.3, 0.4) is 0 Å². The Hall–Kier alpha value is -2.11. The van der Waals surface area contributed by atoms with Crippen molar-refractivity contribution in [2.75, 3.05) is 31.6 Å². The predicted octanol–water partition coefficient (Wildman–Crippen LogP) is 2.60. The Morgan fingerprint density at radius 2 is 2.21 bits per heavy atom. The van der Waals surface area contributed by atoms with E-state index in [1.165, 1.54) is 11.3 Å². The normalized spacial score (nSPS) is 18.5. The molecule has 1 atom stereocenters. The van der Waals surface area contributed by atoms with E-state index in [0.717, 1.165) is 18.7 Å². The molecule has 0 radical (unpaired) electrons. The maximum atomic E-state index is 12.5. The smallest absolute Gasteiger partial charge is 0.238 e. The lowest BCUT2D eigenvalue weighted by Crippen LogP contribution is -2.44. The largest absolute Gasteiger partial charge is 0.378 e. The zero-order chi connectivity index (χ0) is 16.9. The molecule has 0 saturated carbocycles. The monoisotopic (exact) mass is 327 g/mol. The van der Waals surface area contributed by atoms with Crippen molar-refractivity contribution >= 4 is 11.6 Å². The van der Waals surface area contributed by atoms with Crippen LogP contribution in [0.15, 0.2) is 42.6 Å². The lowest BCUT2D eigenvalue weighted by Gasteiger charge is -2.35. The van der Waals surface area contributed by atoms with E-state index >= 15 is 0 Å². The van der Waals surface area contributed by atoms with E-state index in [4.69, 9.17) is 4.74 Å². The van der Waals surface area contributed by atoms with Crippen molar-refractivity contribution < 1.29 is 9.53 Å². The molecule has 1 aromatic heterocycles. The lowest BCUT2D eigenvalue weighted by atomic mass is 10.1. The first-order valence-corrected chi connectivity index (χ1v) is 8.49. The number of aromatic nitrogens is 1. The molecule has 128 valence electrons. The quantitative estimate of drug-likeness (QED) is 0.918. The van der Waals surface area contributed by atoms with Gasteiger partial charge in [0.05, 0.1) is 25.8 Å². The number of ether oxygens (including phenoxy) is 1. The van der Waals surface area contributed by atoms with Crippen LogP contribution in [0.1, 0.15) is 24.2 Å². The van der Waals surface area contributed by atoms with Crippen LogP contribution in [0, 0.1) is 0 Å². The average molecular weight is 327 g/mol. The van der Waals surface area contributed by atoms with Gasteiger partial charge in [0.15, 0.2) is 0 Å². The van der Waals surface area contributed by atoms with Gasteiger partial charge in [0, 0.05) is 31.2 Å². The Kier molecular flexibility index (Phi) is 5.33. The summed E-state index contributed by atoms with van der Waals surface area (Å²) < 4.78 is 7.73. The molecule has 1 saturated heterocycles. The molecule has 1 aromatic carbocycles. The molecule has 5 nitrogen and oxygen atoms in total. The Labute approximate surface area is 143 Å². The maximum Gasteiger partial charge on any atom is 0.238 e. The number of nitrogens with one attached hydrogen (secondary N) is 1. The molecule has 1 amide bonds. The molecule has 0 bridgehead atoms. The fourth-order valence-corrected chi connectivity index (χ4v) is 3.17. The first kappa shape index (κ1) is 16.7. The fraction of sp³-hybridized carbons (Fsp3) is 0.421. The Morgan fingerprint density at radius 3 is 2.96 bits per heavy atom. The third-order valence-corrected chi connectivity index (χ3v) is 4.53. The van der Waals surface area contributed by atoms with Crippen molar-refractivity contribution in [2.45, 2.75) is 19.4 Å². The van der Waals surface area contributed by atoms with Crippen LogP contribution in [0.2, 0.25) is 0 Å². The van der Waals surface area contributed by atoms with Gasteiger partial charge in [-0.3, -0.25) is 9.69 Å². The van der Waals surface area contributed by atoms with Crippen LogP contribution in [0.5, 0.6) is 0 Å². The summed E-state index contributed by atoms with van der Waals surface area (Å²) in [6.07, 6.45) is 2.99. The molecule has 1 aliphatic heterocycles. The first-order valence-electron chi connectivity index (χ1n) is 8.49. The molecule has 2 aromatic rings. The molecular formula is C19H25N3O2. The zero-order valence-electron chi connectivity index (χ0n) is 14.4. The minimum Gasteiger partial charge on any atom is -0.378 e. The molecule has 24 heavy (non-hydrogen) atoms. The van der Waals surface area contributed by atoms with Crippen molar-refractivity contribution in [3.8, 4) is 0 Å².